The van der Waals surface area contributed by atoms with E-state index in [2.05, 4.69) is 0 Å². The van der Waals surface area contributed by atoms with Crippen LogP contribution in [0.5, 0.6) is 17.2 Å². The Kier molecular flexibility index (Phi) is 5.80. The second-order valence-corrected chi connectivity index (χ2v) is 5.80. The van der Waals surface area contributed by atoms with E-state index in [0.29, 0.717) is 17.1 Å². The molecule has 0 radical (unpaired) electrons. The van der Waals surface area contributed by atoms with E-state index in [9.17, 15) is 9.90 Å². The van der Waals surface area contributed by atoms with Gasteiger partial charge in [-0.3, -0.25) is 4.79 Å². The van der Waals surface area contributed by atoms with Gasteiger partial charge in [-0.25, -0.2) is 0 Å². The van der Waals surface area contributed by atoms with E-state index >= 15 is 0 Å². The Morgan fingerprint density at radius 2 is 1.85 bits per heavy atom. The Labute approximate surface area is 143 Å². The number of fused-ring (bicyclic) bond motifs is 1. The molecular formula is C13H15NaO5S. The summed E-state index contributed by atoms with van der Waals surface area (Å²) in [6.45, 7) is 1.48. The number of ether oxygens (including phenoxy) is 2. The molecule has 3 rings (SSSR count). The predicted octanol–water partition coefficient (Wildman–Crippen LogP) is -0.584. The predicted molar refractivity (Wildman–Crippen MR) is 70.6 cm³/mol. The molecule has 2 aliphatic heterocycles. The van der Waals surface area contributed by atoms with E-state index in [4.69, 9.17) is 9.47 Å². The molecule has 0 aromatic heterocycles. The van der Waals surface area contributed by atoms with E-state index < -0.39 is 5.79 Å². The van der Waals surface area contributed by atoms with Crippen LogP contribution in [0.1, 0.15) is 30.1 Å². The summed E-state index contributed by atoms with van der Waals surface area (Å²) in [5, 5.41) is 9.83. The van der Waals surface area contributed by atoms with Gasteiger partial charge < -0.3 is 20.1 Å². The van der Waals surface area contributed by atoms with Gasteiger partial charge in [-0.2, -0.15) is 11.8 Å². The van der Waals surface area contributed by atoms with Crippen molar-refractivity contribution in [2.24, 2.45) is 0 Å². The number of hydrogen-bond acceptors (Lipinski definition) is 6. The molecule has 2 aliphatic rings. The summed E-state index contributed by atoms with van der Waals surface area (Å²) in [5.74, 6) is 1.90. The van der Waals surface area contributed by atoms with Crippen molar-refractivity contribution in [1.29, 1.82) is 0 Å². The number of aromatic hydroxyl groups is 1. The maximum atomic E-state index is 11.6. The maximum absolute atomic E-state index is 11.6. The van der Waals surface area contributed by atoms with Crippen molar-refractivity contribution in [3.63, 3.8) is 0 Å². The number of hydrogen-bond donors (Lipinski definition) is 1. The second kappa shape index (κ2) is 6.58. The van der Waals surface area contributed by atoms with Crippen molar-refractivity contribution in [2.45, 2.75) is 25.6 Å². The van der Waals surface area contributed by atoms with Gasteiger partial charge in [0.2, 0.25) is 5.75 Å². The van der Waals surface area contributed by atoms with E-state index in [1.165, 1.54) is 13.0 Å². The van der Waals surface area contributed by atoms with Crippen LogP contribution in [0.2, 0.25) is 0 Å². The standard InChI is InChI=1S/C13H14O4S.Na.H2O/c1-8(14)9-2-3-10(15)12-11(9)16-13(17-12)4-6-18-7-5-13;;/h2-3,15H,4-7H2,1H3;;1H2/q;+1;/p-1. The van der Waals surface area contributed by atoms with Gasteiger partial charge >= 0.3 is 29.6 Å². The zero-order valence-electron chi connectivity index (χ0n) is 11.5. The molecule has 7 heteroatoms. The Hall–Kier alpha value is -0.400. The first-order valence-corrected chi connectivity index (χ1v) is 7.09. The minimum Gasteiger partial charge on any atom is -0.870 e. The summed E-state index contributed by atoms with van der Waals surface area (Å²) in [4.78, 5) is 11.6. The molecule has 5 nitrogen and oxygen atoms in total. The normalized spacial score (nSPS) is 18.1. The molecular weight excluding hydrogens is 291 g/mol. The number of benzene rings is 1. The van der Waals surface area contributed by atoms with Gasteiger partial charge in [0.15, 0.2) is 17.3 Å². The van der Waals surface area contributed by atoms with Crippen molar-refractivity contribution >= 4 is 17.5 Å². The Bertz CT molecular complexity index is 514. The van der Waals surface area contributed by atoms with E-state index in [0.717, 1.165) is 24.3 Å². The summed E-state index contributed by atoms with van der Waals surface area (Å²) in [6, 6.07) is 3.06. The van der Waals surface area contributed by atoms with Gasteiger partial charge in [0, 0.05) is 24.3 Å². The molecule has 0 aliphatic carbocycles. The SMILES string of the molecule is CC(=O)c1ccc(O)c2c1OC1(CCSCC1)O2.[Na+].[OH-]. The van der Waals surface area contributed by atoms with Gasteiger partial charge in [-0.15, -0.1) is 0 Å². The fraction of sp³-hybridized carbons (Fsp3) is 0.462. The monoisotopic (exact) mass is 306 g/mol. The molecule has 0 saturated carbocycles. The van der Waals surface area contributed by atoms with Crippen LogP contribution >= 0.6 is 11.8 Å². The topological polar surface area (TPSA) is 85.8 Å². The second-order valence-electron chi connectivity index (χ2n) is 4.57. The molecule has 1 fully saturated rings. The number of phenolic OH excluding ortho intramolecular Hbond substituents is 1. The van der Waals surface area contributed by atoms with Crippen molar-refractivity contribution < 1.29 is 54.4 Å². The molecule has 1 saturated heterocycles. The number of ketones is 1. The van der Waals surface area contributed by atoms with Gasteiger partial charge in [0.05, 0.1) is 5.56 Å². The van der Waals surface area contributed by atoms with Crippen LogP contribution < -0.4 is 39.0 Å². The van der Waals surface area contributed by atoms with E-state index in [1.54, 1.807) is 6.07 Å². The van der Waals surface area contributed by atoms with Crippen LogP contribution in [0.15, 0.2) is 12.1 Å². The zero-order valence-corrected chi connectivity index (χ0v) is 14.3. The van der Waals surface area contributed by atoms with Crippen LogP contribution in [-0.2, 0) is 0 Å². The smallest absolute Gasteiger partial charge is 0.870 e. The molecule has 0 amide bonds. The van der Waals surface area contributed by atoms with E-state index in [1.807, 2.05) is 11.8 Å². The van der Waals surface area contributed by atoms with Crippen LogP contribution in [0.3, 0.4) is 0 Å². The number of phenols is 1. The van der Waals surface area contributed by atoms with Crippen molar-refractivity contribution in [2.75, 3.05) is 11.5 Å². The van der Waals surface area contributed by atoms with Gasteiger partial charge in [0.25, 0.3) is 5.79 Å². The Morgan fingerprint density at radius 1 is 1.25 bits per heavy atom. The fourth-order valence-electron chi connectivity index (χ4n) is 2.31. The maximum Gasteiger partial charge on any atom is 1.00 e. The summed E-state index contributed by atoms with van der Waals surface area (Å²) in [7, 11) is 0. The molecule has 104 valence electrons. The quantitative estimate of drug-likeness (QED) is 0.552. The molecule has 2 heterocycles. The number of rotatable bonds is 1. The van der Waals surface area contributed by atoms with E-state index in [-0.39, 0.29) is 46.6 Å². The third-order valence-corrected chi connectivity index (χ3v) is 4.29. The fourth-order valence-corrected chi connectivity index (χ4v) is 3.42. The van der Waals surface area contributed by atoms with Gasteiger partial charge in [-0.1, -0.05) is 0 Å². The minimum atomic E-state index is -0.684. The molecule has 0 atom stereocenters. The third kappa shape index (κ3) is 2.94. The summed E-state index contributed by atoms with van der Waals surface area (Å²) in [6.07, 6.45) is 1.53. The zero-order chi connectivity index (χ0) is 12.8. The van der Waals surface area contributed by atoms with Crippen molar-refractivity contribution in [3.8, 4) is 17.2 Å². The van der Waals surface area contributed by atoms with Crippen LogP contribution in [-0.4, -0.2) is 33.7 Å². The Morgan fingerprint density at radius 3 is 2.45 bits per heavy atom. The molecule has 1 aromatic carbocycles. The number of thioether (sulfide) groups is 1. The van der Waals surface area contributed by atoms with Crippen LogP contribution in [0.25, 0.3) is 0 Å². The number of carbonyl (C=O) groups excluding carboxylic acids is 1. The van der Waals surface area contributed by atoms with Crippen molar-refractivity contribution in [3.05, 3.63) is 17.7 Å². The summed E-state index contributed by atoms with van der Waals surface area (Å²) < 4.78 is 11.7. The molecule has 1 aromatic rings. The molecule has 20 heavy (non-hydrogen) atoms. The summed E-state index contributed by atoms with van der Waals surface area (Å²) >= 11 is 1.86. The van der Waals surface area contributed by atoms with Crippen LogP contribution in [0, 0.1) is 0 Å². The van der Waals surface area contributed by atoms with Crippen LogP contribution in [0.4, 0.5) is 0 Å². The first-order valence-electron chi connectivity index (χ1n) is 5.94. The molecule has 0 bridgehead atoms. The average molecular weight is 306 g/mol. The van der Waals surface area contributed by atoms with Gasteiger partial charge in [0.1, 0.15) is 0 Å². The first kappa shape index (κ1) is 17.7. The minimum absolute atomic E-state index is 0. The molecule has 1 spiro atoms. The third-order valence-electron chi connectivity index (χ3n) is 3.30. The Balaban J connectivity index is 0.000001000. The number of Topliss-reactive ketones (excluding diaryl/α,β-unsaturated/α-hetero) is 1. The largest absolute Gasteiger partial charge is 1.00 e. The summed E-state index contributed by atoms with van der Waals surface area (Å²) in [5.41, 5.74) is 0.470. The van der Waals surface area contributed by atoms with Gasteiger partial charge in [-0.05, 0) is 19.1 Å². The number of carbonyl (C=O) groups is 1. The van der Waals surface area contributed by atoms with Crippen molar-refractivity contribution in [1.82, 2.24) is 0 Å². The molecule has 2 N–H and O–H groups in total. The molecule has 0 unspecified atom stereocenters. The first-order chi connectivity index (χ1) is 8.61. The average Bonchev–Trinajstić information content (AvgIpc) is 2.70.